The largest absolute Gasteiger partial charge is 0.375 e. The lowest BCUT2D eigenvalue weighted by Gasteiger charge is -2.19. The molecular weight excluding hydrogens is 350 g/mol. The van der Waals surface area contributed by atoms with Crippen LogP contribution in [0.4, 0.5) is 5.69 Å². The summed E-state index contributed by atoms with van der Waals surface area (Å²) in [4.78, 5) is 7.03. The minimum Gasteiger partial charge on any atom is -0.375 e. The maximum Gasteiger partial charge on any atom is 0.191 e. The lowest BCUT2D eigenvalue weighted by Crippen LogP contribution is -2.38. The van der Waals surface area contributed by atoms with Gasteiger partial charge >= 0.3 is 0 Å². The Labute approximate surface area is 169 Å². The van der Waals surface area contributed by atoms with Crippen LogP contribution in [0.1, 0.15) is 50.6 Å². The van der Waals surface area contributed by atoms with Crippen molar-refractivity contribution >= 4 is 11.6 Å². The van der Waals surface area contributed by atoms with Gasteiger partial charge in [0.2, 0.25) is 0 Å². The van der Waals surface area contributed by atoms with Crippen molar-refractivity contribution in [2.75, 3.05) is 31.6 Å². The lowest BCUT2D eigenvalue weighted by molar-refractivity contribution is 0.380. The van der Waals surface area contributed by atoms with Gasteiger partial charge in [0.15, 0.2) is 5.96 Å². The number of aryl methyl sites for hydroxylation is 2. The molecule has 0 aliphatic carbocycles. The van der Waals surface area contributed by atoms with Gasteiger partial charge in [-0.15, -0.1) is 0 Å². The monoisotopic (exact) mass is 385 g/mol. The first-order valence-corrected chi connectivity index (χ1v) is 10.4. The zero-order valence-corrected chi connectivity index (χ0v) is 17.8. The maximum atomic E-state index is 5.44. The van der Waals surface area contributed by atoms with E-state index in [-0.39, 0.29) is 0 Å². The number of hydrogen-bond donors (Lipinski definition) is 2. The number of anilines is 1. The first kappa shape index (κ1) is 21.8. The van der Waals surface area contributed by atoms with Gasteiger partial charge in [-0.25, -0.2) is 4.99 Å². The highest BCUT2D eigenvalue weighted by Crippen LogP contribution is 2.16. The third kappa shape index (κ3) is 6.59. The Kier molecular flexibility index (Phi) is 9.39. The predicted molar refractivity (Wildman–Crippen MR) is 117 cm³/mol. The van der Waals surface area contributed by atoms with E-state index in [1.54, 1.807) is 0 Å². The highest BCUT2D eigenvalue weighted by molar-refractivity contribution is 5.79. The van der Waals surface area contributed by atoms with Crippen molar-refractivity contribution in [1.82, 2.24) is 15.8 Å². The van der Waals surface area contributed by atoms with Gasteiger partial charge in [-0.2, -0.15) is 0 Å². The fourth-order valence-corrected chi connectivity index (χ4v) is 3.11. The van der Waals surface area contributed by atoms with E-state index in [0.29, 0.717) is 6.54 Å². The number of nitrogens with zero attached hydrogens (tertiary/aromatic N) is 3. The standard InChI is InChI=1S/C22H35N5O/c1-5-20-19(21(6-2)28-26-20)17-25-22(23-7-3)24-15-11-12-16-27(4)18-13-9-8-10-14-18/h8-10,13-14H,5-7,11-12,15-17H2,1-4H3,(H2,23,24,25). The Morgan fingerprint density at radius 3 is 2.54 bits per heavy atom. The molecule has 0 amide bonds. The second kappa shape index (κ2) is 12.1. The molecule has 1 aromatic carbocycles. The first-order chi connectivity index (χ1) is 13.7. The summed E-state index contributed by atoms with van der Waals surface area (Å²) < 4.78 is 5.44. The Balaban J connectivity index is 1.79. The fraction of sp³-hybridized carbons (Fsp3) is 0.545. The van der Waals surface area contributed by atoms with E-state index in [2.05, 4.69) is 78.8 Å². The number of unbranched alkanes of at least 4 members (excludes halogenated alkanes) is 1. The zero-order chi connectivity index (χ0) is 20.2. The molecule has 0 radical (unpaired) electrons. The van der Waals surface area contributed by atoms with Gasteiger partial charge in [0.05, 0.1) is 12.2 Å². The van der Waals surface area contributed by atoms with Crippen LogP contribution in [0.2, 0.25) is 0 Å². The van der Waals surface area contributed by atoms with Gasteiger partial charge in [0, 0.05) is 44.4 Å². The summed E-state index contributed by atoms with van der Waals surface area (Å²) in [7, 11) is 2.14. The summed E-state index contributed by atoms with van der Waals surface area (Å²) in [6.07, 6.45) is 3.93. The molecule has 154 valence electrons. The van der Waals surface area contributed by atoms with Crippen LogP contribution >= 0.6 is 0 Å². The van der Waals surface area contributed by atoms with E-state index in [1.165, 1.54) is 5.69 Å². The summed E-state index contributed by atoms with van der Waals surface area (Å²) in [5.41, 5.74) is 3.41. The number of aliphatic imine (C=N–C) groups is 1. The van der Waals surface area contributed by atoms with E-state index in [4.69, 9.17) is 9.52 Å². The molecule has 0 saturated carbocycles. The number of aromatic nitrogens is 1. The van der Waals surface area contributed by atoms with E-state index >= 15 is 0 Å². The van der Waals surface area contributed by atoms with Crippen LogP contribution < -0.4 is 15.5 Å². The second-order valence-electron chi connectivity index (χ2n) is 6.82. The fourth-order valence-electron chi connectivity index (χ4n) is 3.11. The number of para-hydroxylation sites is 1. The van der Waals surface area contributed by atoms with Crippen LogP contribution in [0, 0.1) is 0 Å². The molecule has 6 heteroatoms. The number of hydrogen-bond acceptors (Lipinski definition) is 4. The summed E-state index contributed by atoms with van der Waals surface area (Å²) in [5, 5.41) is 10.9. The zero-order valence-electron chi connectivity index (χ0n) is 17.8. The Hall–Kier alpha value is -2.50. The quantitative estimate of drug-likeness (QED) is 0.350. The lowest BCUT2D eigenvalue weighted by atomic mass is 10.1. The molecular formula is C22H35N5O. The molecule has 0 atom stereocenters. The average Bonchev–Trinajstić information content (AvgIpc) is 3.14. The van der Waals surface area contributed by atoms with Crippen LogP contribution in [0.5, 0.6) is 0 Å². The first-order valence-electron chi connectivity index (χ1n) is 10.4. The highest BCUT2D eigenvalue weighted by Gasteiger charge is 2.13. The van der Waals surface area contributed by atoms with Gasteiger partial charge in [0.1, 0.15) is 5.76 Å². The maximum absolute atomic E-state index is 5.44. The van der Waals surface area contributed by atoms with E-state index in [0.717, 1.165) is 68.3 Å². The van der Waals surface area contributed by atoms with Crippen LogP contribution in [-0.2, 0) is 19.4 Å². The number of benzene rings is 1. The minimum absolute atomic E-state index is 0.599. The van der Waals surface area contributed by atoms with Crippen LogP contribution in [0.25, 0.3) is 0 Å². The molecule has 0 fully saturated rings. The average molecular weight is 386 g/mol. The van der Waals surface area contributed by atoms with Crippen molar-refractivity contribution in [3.05, 3.63) is 47.3 Å². The van der Waals surface area contributed by atoms with Gasteiger partial charge in [0.25, 0.3) is 0 Å². The third-order valence-electron chi connectivity index (χ3n) is 4.76. The molecule has 1 aromatic heterocycles. The molecule has 1 heterocycles. The number of guanidine groups is 1. The Bertz CT molecular complexity index is 689. The van der Waals surface area contributed by atoms with Crippen molar-refractivity contribution in [3.63, 3.8) is 0 Å². The van der Waals surface area contributed by atoms with Crippen molar-refractivity contribution in [2.24, 2.45) is 4.99 Å². The summed E-state index contributed by atoms with van der Waals surface area (Å²) >= 11 is 0. The van der Waals surface area contributed by atoms with Crippen molar-refractivity contribution in [2.45, 2.75) is 53.0 Å². The molecule has 2 aromatic rings. The topological polar surface area (TPSA) is 65.7 Å². The Morgan fingerprint density at radius 2 is 1.86 bits per heavy atom. The van der Waals surface area contributed by atoms with Gasteiger partial charge in [-0.05, 0) is 38.3 Å². The minimum atomic E-state index is 0.599. The molecule has 2 rings (SSSR count). The number of rotatable bonds is 11. The van der Waals surface area contributed by atoms with E-state index in [9.17, 15) is 0 Å². The molecule has 0 spiro atoms. The van der Waals surface area contributed by atoms with Crippen LogP contribution in [0.3, 0.4) is 0 Å². The molecule has 6 nitrogen and oxygen atoms in total. The highest BCUT2D eigenvalue weighted by atomic mass is 16.5. The summed E-state index contributed by atoms with van der Waals surface area (Å²) in [5.74, 6) is 1.80. The molecule has 2 N–H and O–H groups in total. The molecule has 0 saturated heterocycles. The third-order valence-corrected chi connectivity index (χ3v) is 4.76. The molecule has 0 bridgehead atoms. The van der Waals surface area contributed by atoms with Crippen LogP contribution in [0.15, 0.2) is 39.8 Å². The molecule has 0 unspecified atom stereocenters. The number of nitrogens with one attached hydrogen (secondary N) is 2. The van der Waals surface area contributed by atoms with Crippen molar-refractivity contribution in [3.8, 4) is 0 Å². The predicted octanol–water partition coefficient (Wildman–Crippen LogP) is 3.77. The molecule has 0 aliphatic rings. The normalized spacial score (nSPS) is 11.5. The van der Waals surface area contributed by atoms with Gasteiger partial charge < -0.3 is 20.1 Å². The van der Waals surface area contributed by atoms with E-state index < -0.39 is 0 Å². The van der Waals surface area contributed by atoms with Crippen LogP contribution in [-0.4, -0.2) is 37.8 Å². The van der Waals surface area contributed by atoms with Crippen molar-refractivity contribution in [1.29, 1.82) is 0 Å². The Morgan fingerprint density at radius 1 is 1.07 bits per heavy atom. The second-order valence-corrected chi connectivity index (χ2v) is 6.82. The summed E-state index contributed by atoms with van der Waals surface area (Å²) in [6, 6.07) is 10.5. The molecule has 28 heavy (non-hydrogen) atoms. The SMILES string of the molecule is CCNC(=NCc1c(CC)noc1CC)NCCCCN(C)c1ccccc1. The van der Waals surface area contributed by atoms with Gasteiger partial charge in [-0.3, -0.25) is 0 Å². The summed E-state index contributed by atoms with van der Waals surface area (Å²) in [6.45, 7) is 9.65. The van der Waals surface area contributed by atoms with Gasteiger partial charge in [-0.1, -0.05) is 37.2 Å². The van der Waals surface area contributed by atoms with E-state index in [1.807, 2.05) is 0 Å². The molecule has 0 aliphatic heterocycles. The van der Waals surface area contributed by atoms with Crippen molar-refractivity contribution < 1.29 is 4.52 Å². The smallest absolute Gasteiger partial charge is 0.191 e.